The van der Waals surface area contributed by atoms with Crippen LogP contribution in [0.2, 0.25) is 0 Å². The van der Waals surface area contributed by atoms with Gasteiger partial charge in [-0.2, -0.15) is 9.40 Å². The molecule has 1 saturated heterocycles. The number of nitrogens with one attached hydrogen (secondary N) is 1. The van der Waals surface area contributed by atoms with Crippen LogP contribution >= 0.6 is 0 Å². The summed E-state index contributed by atoms with van der Waals surface area (Å²) < 4.78 is 28.3. The van der Waals surface area contributed by atoms with Gasteiger partial charge in [-0.25, -0.2) is 13.4 Å². The Balaban J connectivity index is 1.96. The standard InChI is InChI=1S/C11H15N5O2S/c1-15-7-11(12-8-15)19(17,18)16-6-2-3-10(16)9-4-5-13-14-9/h4-5,7-8,10H,2-3,6H2,1H3,(H,13,14)/t10-/m1/s1. The summed E-state index contributed by atoms with van der Waals surface area (Å²) >= 11 is 0. The summed E-state index contributed by atoms with van der Waals surface area (Å²) in [5.41, 5.74) is 0.831. The Bertz CT molecular complexity index is 661. The topological polar surface area (TPSA) is 83.9 Å². The van der Waals surface area contributed by atoms with Crippen molar-refractivity contribution in [3.8, 4) is 0 Å². The number of H-pyrrole nitrogens is 1. The molecule has 0 amide bonds. The largest absolute Gasteiger partial charge is 0.339 e. The van der Waals surface area contributed by atoms with Gasteiger partial charge in [-0.05, 0) is 18.9 Å². The summed E-state index contributed by atoms with van der Waals surface area (Å²) in [4.78, 5) is 3.96. The fourth-order valence-electron chi connectivity index (χ4n) is 2.43. The number of rotatable bonds is 3. The van der Waals surface area contributed by atoms with E-state index in [0.29, 0.717) is 6.54 Å². The second-order valence-corrected chi connectivity index (χ2v) is 6.50. The van der Waals surface area contributed by atoms with Gasteiger partial charge in [0.1, 0.15) is 0 Å². The number of aryl methyl sites for hydroxylation is 1. The molecule has 1 aliphatic heterocycles. The zero-order valence-corrected chi connectivity index (χ0v) is 11.3. The molecule has 8 heteroatoms. The molecule has 0 aromatic carbocycles. The van der Waals surface area contributed by atoms with E-state index in [9.17, 15) is 8.42 Å². The predicted molar refractivity (Wildman–Crippen MR) is 67.7 cm³/mol. The first-order chi connectivity index (χ1) is 9.09. The van der Waals surface area contributed by atoms with E-state index >= 15 is 0 Å². The van der Waals surface area contributed by atoms with Crippen LogP contribution < -0.4 is 0 Å². The Labute approximate surface area is 111 Å². The van der Waals surface area contributed by atoms with Crippen molar-refractivity contribution in [2.75, 3.05) is 6.54 Å². The molecule has 19 heavy (non-hydrogen) atoms. The Morgan fingerprint density at radius 1 is 1.47 bits per heavy atom. The molecule has 2 aromatic heterocycles. The maximum Gasteiger partial charge on any atom is 0.262 e. The molecule has 0 spiro atoms. The van der Waals surface area contributed by atoms with Crippen LogP contribution in [-0.4, -0.2) is 39.0 Å². The molecule has 1 atom stereocenters. The minimum Gasteiger partial charge on any atom is -0.339 e. The average molecular weight is 281 g/mol. The highest BCUT2D eigenvalue weighted by Crippen LogP contribution is 2.34. The lowest BCUT2D eigenvalue weighted by Crippen LogP contribution is -2.31. The van der Waals surface area contributed by atoms with Gasteiger partial charge in [0.05, 0.1) is 18.1 Å². The quantitative estimate of drug-likeness (QED) is 0.896. The second-order valence-electron chi connectivity index (χ2n) is 4.66. The fourth-order valence-corrected chi connectivity index (χ4v) is 4.08. The van der Waals surface area contributed by atoms with E-state index < -0.39 is 10.0 Å². The Hall–Kier alpha value is -1.67. The third-order valence-electron chi connectivity index (χ3n) is 3.34. The van der Waals surface area contributed by atoms with Crippen molar-refractivity contribution in [3.63, 3.8) is 0 Å². The van der Waals surface area contributed by atoms with Crippen LogP contribution in [0.4, 0.5) is 0 Å². The fraction of sp³-hybridized carbons (Fsp3) is 0.455. The van der Waals surface area contributed by atoms with Crippen molar-refractivity contribution in [2.24, 2.45) is 7.05 Å². The zero-order valence-electron chi connectivity index (χ0n) is 10.5. The summed E-state index contributed by atoms with van der Waals surface area (Å²) in [6, 6.07) is 1.64. The maximum absolute atomic E-state index is 12.6. The summed E-state index contributed by atoms with van der Waals surface area (Å²) in [5.74, 6) is 0. The number of hydrogen-bond acceptors (Lipinski definition) is 4. The molecule has 0 saturated carbocycles. The van der Waals surface area contributed by atoms with E-state index in [4.69, 9.17) is 0 Å². The Kier molecular flexibility index (Phi) is 2.90. The van der Waals surface area contributed by atoms with Crippen molar-refractivity contribution in [1.82, 2.24) is 24.1 Å². The van der Waals surface area contributed by atoms with Gasteiger partial charge in [-0.3, -0.25) is 5.10 Å². The molecule has 0 bridgehead atoms. The van der Waals surface area contributed by atoms with Gasteiger partial charge in [0, 0.05) is 26.0 Å². The monoisotopic (exact) mass is 281 g/mol. The van der Waals surface area contributed by atoms with Crippen LogP contribution in [0, 0.1) is 0 Å². The minimum atomic E-state index is -3.54. The first-order valence-electron chi connectivity index (χ1n) is 6.08. The highest BCUT2D eigenvalue weighted by molar-refractivity contribution is 7.89. The molecule has 102 valence electrons. The highest BCUT2D eigenvalue weighted by Gasteiger charge is 2.37. The van der Waals surface area contributed by atoms with Crippen LogP contribution in [-0.2, 0) is 17.1 Å². The molecule has 3 rings (SSSR count). The molecule has 0 unspecified atom stereocenters. The van der Waals surface area contributed by atoms with E-state index in [2.05, 4.69) is 15.2 Å². The highest BCUT2D eigenvalue weighted by atomic mass is 32.2. The van der Waals surface area contributed by atoms with Crippen molar-refractivity contribution in [2.45, 2.75) is 23.9 Å². The minimum absolute atomic E-state index is 0.0985. The van der Waals surface area contributed by atoms with Crippen LogP contribution in [0.15, 0.2) is 29.8 Å². The van der Waals surface area contributed by atoms with Gasteiger partial charge < -0.3 is 4.57 Å². The molecule has 1 aliphatic rings. The van der Waals surface area contributed by atoms with E-state index in [1.807, 2.05) is 6.07 Å². The molecular formula is C11H15N5O2S. The van der Waals surface area contributed by atoms with Gasteiger partial charge >= 0.3 is 0 Å². The van der Waals surface area contributed by atoms with Gasteiger partial charge in [0.15, 0.2) is 5.03 Å². The number of aromatic amines is 1. The molecule has 3 heterocycles. The smallest absolute Gasteiger partial charge is 0.262 e. The molecule has 1 fully saturated rings. The van der Waals surface area contributed by atoms with Crippen LogP contribution in [0.25, 0.3) is 0 Å². The molecule has 0 radical (unpaired) electrons. The SMILES string of the molecule is Cn1cnc(S(=O)(=O)N2CCC[C@@H]2c2ccn[nH]2)c1. The average Bonchev–Trinajstić information content (AvgIpc) is 3.09. The van der Waals surface area contributed by atoms with E-state index in [0.717, 1.165) is 18.5 Å². The lowest BCUT2D eigenvalue weighted by Gasteiger charge is -2.21. The third kappa shape index (κ3) is 2.06. The van der Waals surface area contributed by atoms with Crippen LogP contribution in [0.3, 0.4) is 0 Å². The first-order valence-corrected chi connectivity index (χ1v) is 7.52. The maximum atomic E-state index is 12.6. The number of nitrogens with zero attached hydrogens (tertiary/aromatic N) is 4. The van der Waals surface area contributed by atoms with Gasteiger partial charge in [-0.15, -0.1) is 0 Å². The van der Waals surface area contributed by atoms with E-state index in [1.165, 1.54) is 16.8 Å². The van der Waals surface area contributed by atoms with Crippen molar-refractivity contribution >= 4 is 10.0 Å². The number of aromatic nitrogens is 4. The van der Waals surface area contributed by atoms with Crippen LogP contribution in [0.5, 0.6) is 0 Å². The van der Waals surface area contributed by atoms with Gasteiger partial charge in [-0.1, -0.05) is 0 Å². The summed E-state index contributed by atoms with van der Waals surface area (Å²) in [6.07, 6.45) is 6.30. The summed E-state index contributed by atoms with van der Waals surface area (Å²) in [7, 11) is -1.79. The zero-order chi connectivity index (χ0) is 13.5. The summed E-state index contributed by atoms with van der Waals surface area (Å²) in [5, 5.41) is 6.85. The predicted octanol–water partition coefficient (Wildman–Crippen LogP) is 0.669. The van der Waals surface area contributed by atoms with E-state index in [-0.39, 0.29) is 11.1 Å². The lowest BCUT2D eigenvalue weighted by molar-refractivity contribution is 0.388. The van der Waals surface area contributed by atoms with Crippen LogP contribution in [0.1, 0.15) is 24.6 Å². The first kappa shape index (κ1) is 12.4. The van der Waals surface area contributed by atoms with Crippen molar-refractivity contribution < 1.29 is 8.42 Å². The number of imidazole rings is 1. The van der Waals surface area contributed by atoms with Crippen molar-refractivity contribution in [3.05, 3.63) is 30.5 Å². The molecule has 0 aliphatic carbocycles. The third-order valence-corrected chi connectivity index (χ3v) is 5.13. The number of hydrogen-bond donors (Lipinski definition) is 1. The number of sulfonamides is 1. The lowest BCUT2D eigenvalue weighted by atomic mass is 10.2. The van der Waals surface area contributed by atoms with Crippen molar-refractivity contribution in [1.29, 1.82) is 0 Å². The Morgan fingerprint density at radius 3 is 2.95 bits per heavy atom. The molecule has 2 aromatic rings. The normalized spacial score (nSPS) is 21.0. The molecule has 1 N–H and O–H groups in total. The molecule has 7 nitrogen and oxygen atoms in total. The second kappa shape index (κ2) is 4.46. The molecular weight excluding hydrogens is 266 g/mol. The van der Waals surface area contributed by atoms with Gasteiger partial charge in [0.2, 0.25) is 0 Å². The van der Waals surface area contributed by atoms with Gasteiger partial charge in [0.25, 0.3) is 10.0 Å². The Morgan fingerprint density at radius 2 is 2.32 bits per heavy atom. The van der Waals surface area contributed by atoms with E-state index in [1.54, 1.807) is 17.8 Å². The summed E-state index contributed by atoms with van der Waals surface area (Å²) in [6.45, 7) is 0.516.